The highest BCUT2D eigenvalue weighted by molar-refractivity contribution is 6.11. The summed E-state index contributed by atoms with van der Waals surface area (Å²) in [5.41, 5.74) is 0. The van der Waals surface area contributed by atoms with Gasteiger partial charge in [-0.15, -0.1) is 0 Å². The Balaban J connectivity index is 3.46. The normalized spacial score (nSPS) is 11.9. The lowest BCUT2D eigenvalue weighted by atomic mass is 10.8. The summed E-state index contributed by atoms with van der Waals surface area (Å²) in [6.07, 6.45) is 0. The molecule has 0 bridgehead atoms. The molecular formula is C5H15AlN2. The van der Waals surface area contributed by atoms with E-state index in [1.165, 1.54) is 16.3 Å². The van der Waals surface area contributed by atoms with Gasteiger partial charge in [-0.05, 0) is 33.2 Å². The van der Waals surface area contributed by atoms with Crippen molar-refractivity contribution in [1.82, 2.24) is 9.80 Å². The number of rotatable bonds is 2. The van der Waals surface area contributed by atoms with E-state index < -0.39 is 0 Å². The Bertz CT molecular complexity index is 55.4. The quantitative estimate of drug-likeness (QED) is 0.350. The smallest absolute Gasteiger partial charge is 0.263 e. The summed E-state index contributed by atoms with van der Waals surface area (Å²) in [6, 6.07) is 0. The van der Waals surface area contributed by atoms with E-state index in [2.05, 4.69) is 38.0 Å². The van der Waals surface area contributed by atoms with Crippen molar-refractivity contribution in [1.29, 1.82) is 0 Å². The molecular weight excluding hydrogens is 115 g/mol. The van der Waals surface area contributed by atoms with Gasteiger partial charge in [0.05, 0.1) is 0 Å². The average molecular weight is 130 g/mol. The Labute approximate surface area is 59.9 Å². The molecule has 0 aromatic rings. The first kappa shape index (κ1) is 8.45. The lowest BCUT2D eigenvalue weighted by Crippen LogP contribution is -2.40. The Morgan fingerprint density at radius 2 is 1.25 bits per heavy atom. The maximum absolute atomic E-state index is 2.23. The van der Waals surface area contributed by atoms with Crippen molar-refractivity contribution >= 4 is 16.3 Å². The minimum Gasteiger partial charge on any atom is -0.308 e. The highest BCUT2D eigenvalue weighted by Crippen LogP contribution is 1.87. The van der Waals surface area contributed by atoms with Crippen LogP contribution in [0.1, 0.15) is 0 Å². The van der Waals surface area contributed by atoms with Crippen molar-refractivity contribution in [3.05, 3.63) is 0 Å². The number of nitrogens with zero attached hydrogens (tertiary/aromatic N) is 2. The van der Waals surface area contributed by atoms with Crippen molar-refractivity contribution in [2.45, 2.75) is 5.03 Å². The van der Waals surface area contributed by atoms with Gasteiger partial charge in [0.15, 0.2) is 0 Å². The SMILES string of the molecule is CN(C)[CH]([AlH2])N(C)C. The van der Waals surface area contributed by atoms with Crippen LogP contribution in [-0.4, -0.2) is 59.3 Å². The summed E-state index contributed by atoms with van der Waals surface area (Å²) in [7, 11) is 8.44. The monoisotopic (exact) mass is 130 g/mol. The van der Waals surface area contributed by atoms with E-state index in [-0.39, 0.29) is 0 Å². The lowest BCUT2D eigenvalue weighted by Gasteiger charge is -2.26. The molecule has 0 aromatic heterocycles. The van der Waals surface area contributed by atoms with Gasteiger partial charge in [0.2, 0.25) is 0 Å². The highest BCUT2D eigenvalue weighted by Gasteiger charge is 2.04. The molecule has 0 unspecified atom stereocenters. The fourth-order valence-electron chi connectivity index (χ4n) is 0.462. The first-order valence-electron chi connectivity index (χ1n) is 2.88. The zero-order valence-corrected chi connectivity index (χ0v) is 8.47. The lowest BCUT2D eigenvalue weighted by molar-refractivity contribution is 0.204. The Morgan fingerprint density at radius 3 is 1.25 bits per heavy atom. The molecule has 0 N–H and O–H groups in total. The molecule has 0 heterocycles. The van der Waals surface area contributed by atoms with Gasteiger partial charge < -0.3 is 9.80 Å². The second kappa shape index (κ2) is 3.47. The Kier molecular flexibility index (Phi) is 3.67. The van der Waals surface area contributed by atoms with E-state index in [9.17, 15) is 0 Å². The zero-order chi connectivity index (χ0) is 6.73. The fourth-order valence-corrected chi connectivity index (χ4v) is 0.462. The molecule has 48 valence electrons. The Hall–Kier alpha value is 0.452. The molecule has 0 aliphatic rings. The van der Waals surface area contributed by atoms with Crippen LogP contribution in [0, 0.1) is 0 Å². The van der Waals surface area contributed by atoms with Crippen LogP contribution in [0.4, 0.5) is 0 Å². The van der Waals surface area contributed by atoms with E-state index in [1.807, 2.05) is 0 Å². The van der Waals surface area contributed by atoms with Crippen LogP contribution in [0.5, 0.6) is 0 Å². The largest absolute Gasteiger partial charge is 0.308 e. The van der Waals surface area contributed by atoms with E-state index in [0.717, 1.165) is 0 Å². The van der Waals surface area contributed by atoms with Crippen LogP contribution in [-0.2, 0) is 0 Å². The summed E-state index contributed by atoms with van der Waals surface area (Å²) >= 11 is 1.21. The minimum absolute atomic E-state index is 0.676. The van der Waals surface area contributed by atoms with Crippen molar-refractivity contribution in [2.75, 3.05) is 28.2 Å². The molecule has 0 aliphatic heterocycles. The van der Waals surface area contributed by atoms with E-state index in [4.69, 9.17) is 0 Å². The molecule has 0 aromatic carbocycles. The number of hydrogen-bond donors (Lipinski definition) is 0. The summed E-state index contributed by atoms with van der Waals surface area (Å²) in [6.45, 7) is 0. The van der Waals surface area contributed by atoms with Gasteiger partial charge in [-0.2, -0.15) is 0 Å². The van der Waals surface area contributed by atoms with Crippen molar-refractivity contribution in [2.24, 2.45) is 0 Å². The first-order valence-corrected chi connectivity index (χ1v) is 4.04. The van der Waals surface area contributed by atoms with E-state index >= 15 is 0 Å². The molecule has 0 spiro atoms. The summed E-state index contributed by atoms with van der Waals surface area (Å²) < 4.78 is 0. The topological polar surface area (TPSA) is 6.48 Å². The summed E-state index contributed by atoms with van der Waals surface area (Å²) in [4.78, 5) is 4.46. The standard InChI is InChI=1S/C5H13N2.Al.2H/c1-6(2)5-7(3)4;;;/h5H,1-4H3;;;. The van der Waals surface area contributed by atoms with Crippen molar-refractivity contribution < 1.29 is 0 Å². The van der Waals surface area contributed by atoms with E-state index in [1.54, 1.807) is 0 Å². The van der Waals surface area contributed by atoms with E-state index in [0.29, 0.717) is 5.03 Å². The Morgan fingerprint density at radius 1 is 1.00 bits per heavy atom. The third kappa shape index (κ3) is 2.69. The maximum atomic E-state index is 2.23. The average Bonchev–Trinajstić information content (AvgIpc) is 1.64. The van der Waals surface area contributed by atoms with Crippen LogP contribution >= 0.6 is 0 Å². The van der Waals surface area contributed by atoms with Crippen LogP contribution in [0.15, 0.2) is 0 Å². The molecule has 0 amide bonds. The maximum Gasteiger partial charge on any atom is 0.263 e. The van der Waals surface area contributed by atoms with Gasteiger partial charge in [-0.1, -0.05) is 0 Å². The van der Waals surface area contributed by atoms with Gasteiger partial charge in [-0.3, -0.25) is 0 Å². The molecule has 0 fully saturated rings. The third-order valence-corrected chi connectivity index (χ3v) is 3.56. The van der Waals surface area contributed by atoms with Crippen molar-refractivity contribution in [3.63, 3.8) is 0 Å². The van der Waals surface area contributed by atoms with Crippen LogP contribution < -0.4 is 0 Å². The minimum atomic E-state index is 0.676. The molecule has 0 aliphatic carbocycles. The van der Waals surface area contributed by atoms with Crippen LogP contribution in [0.25, 0.3) is 0 Å². The predicted octanol–water partition coefficient (Wildman–Crippen LogP) is -0.974. The molecule has 0 radical (unpaired) electrons. The molecule has 8 heavy (non-hydrogen) atoms. The molecule has 0 rings (SSSR count). The molecule has 2 nitrogen and oxygen atoms in total. The van der Waals surface area contributed by atoms with Gasteiger partial charge >= 0.3 is 0 Å². The first-order chi connectivity index (χ1) is 3.55. The summed E-state index contributed by atoms with van der Waals surface area (Å²) in [5.74, 6) is 0. The number of hydrogen-bond acceptors (Lipinski definition) is 2. The zero-order valence-electron chi connectivity index (χ0n) is 6.47. The van der Waals surface area contributed by atoms with Gasteiger partial charge in [0.1, 0.15) is 0 Å². The second-order valence-electron chi connectivity index (χ2n) is 2.56. The fraction of sp³-hybridized carbons (Fsp3) is 1.00. The second-order valence-corrected chi connectivity index (χ2v) is 3.59. The van der Waals surface area contributed by atoms with Gasteiger partial charge in [0.25, 0.3) is 16.3 Å². The molecule has 0 atom stereocenters. The molecule has 0 saturated heterocycles. The van der Waals surface area contributed by atoms with Crippen LogP contribution in [0.2, 0.25) is 0 Å². The van der Waals surface area contributed by atoms with Gasteiger partial charge in [0, 0.05) is 0 Å². The third-order valence-electron chi connectivity index (χ3n) is 1.49. The predicted molar refractivity (Wildman–Crippen MR) is 39.7 cm³/mol. The highest BCUT2D eigenvalue weighted by atomic mass is 27.0. The van der Waals surface area contributed by atoms with Crippen molar-refractivity contribution in [3.8, 4) is 0 Å². The molecule has 0 saturated carbocycles. The van der Waals surface area contributed by atoms with Gasteiger partial charge in [-0.25, -0.2) is 0 Å². The summed E-state index contributed by atoms with van der Waals surface area (Å²) in [5, 5.41) is 0.676. The van der Waals surface area contributed by atoms with Crippen LogP contribution in [0.3, 0.4) is 0 Å². The molecule has 3 heteroatoms.